The Hall–Kier alpha value is -1.42. The van der Waals surface area contributed by atoms with E-state index in [1.165, 1.54) is 16.8 Å². The first-order chi connectivity index (χ1) is 9.18. The second kappa shape index (κ2) is 4.93. The summed E-state index contributed by atoms with van der Waals surface area (Å²) in [5.74, 6) is 1.18. The molecule has 0 amide bonds. The highest BCUT2D eigenvalue weighted by Crippen LogP contribution is 2.35. The fourth-order valence-corrected chi connectivity index (χ4v) is 3.82. The van der Waals surface area contributed by atoms with Crippen molar-refractivity contribution in [1.82, 2.24) is 4.98 Å². The van der Waals surface area contributed by atoms with Crippen molar-refractivity contribution in [1.29, 1.82) is 0 Å². The van der Waals surface area contributed by atoms with Gasteiger partial charge in [0.15, 0.2) is 0 Å². The predicted octanol–water partition coefficient (Wildman–Crippen LogP) is 3.15. The van der Waals surface area contributed by atoms with E-state index in [0.29, 0.717) is 11.3 Å². The molecule has 19 heavy (non-hydrogen) atoms. The van der Waals surface area contributed by atoms with Gasteiger partial charge in [0.25, 0.3) is 0 Å². The molecule has 100 valence electrons. The number of hydrogen-bond donors (Lipinski definition) is 1. The summed E-state index contributed by atoms with van der Waals surface area (Å²) >= 11 is 2.05. The summed E-state index contributed by atoms with van der Waals surface area (Å²) in [7, 11) is 0. The highest BCUT2D eigenvalue weighted by molar-refractivity contribution is 8.00. The molecule has 1 aliphatic rings. The first kappa shape index (κ1) is 12.6. The molecule has 0 radical (unpaired) electrons. The van der Waals surface area contributed by atoms with E-state index in [1.54, 1.807) is 0 Å². The topological polar surface area (TPSA) is 42.1 Å². The van der Waals surface area contributed by atoms with Crippen molar-refractivity contribution in [3.63, 3.8) is 0 Å². The van der Waals surface area contributed by atoms with Crippen LogP contribution in [-0.4, -0.2) is 28.6 Å². The minimum absolute atomic E-state index is 0.540. The van der Waals surface area contributed by atoms with E-state index < -0.39 is 0 Å². The number of benzene rings is 1. The number of aromatic nitrogens is 1. The van der Waals surface area contributed by atoms with Gasteiger partial charge >= 0.3 is 0 Å². The van der Waals surface area contributed by atoms with E-state index in [0.717, 1.165) is 17.6 Å². The first-order valence-corrected chi connectivity index (χ1v) is 7.74. The van der Waals surface area contributed by atoms with Crippen LogP contribution in [0.25, 0.3) is 10.8 Å². The van der Waals surface area contributed by atoms with Gasteiger partial charge in [0.05, 0.1) is 0 Å². The van der Waals surface area contributed by atoms with E-state index in [9.17, 15) is 0 Å². The second-order valence-electron chi connectivity index (χ2n) is 5.11. The average Bonchev–Trinajstić information content (AvgIpc) is 2.43. The van der Waals surface area contributed by atoms with E-state index in [4.69, 9.17) is 5.73 Å². The SMILES string of the molecule is CC1SCCN(c2ccc(N)c3cnccc23)C1C. The third-order valence-corrected chi connectivity index (χ3v) is 5.36. The number of nitrogens with zero attached hydrogens (tertiary/aromatic N) is 2. The average molecular weight is 273 g/mol. The Labute approximate surface area is 118 Å². The van der Waals surface area contributed by atoms with Crippen molar-refractivity contribution in [3.05, 3.63) is 30.6 Å². The van der Waals surface area contributed by atoms with Crippen LogP contribution in [0.2, 0.25) is 0 Å². The first-order valence-electron chi connectivity index (χ1n) is 6.69. The van der Waals surface area contributed by atoms with Crippen LogP contribution < -0.4 is 10.6 Å². The van der Waals surface area contributed by atoms with Gasteiger partial charge in [-0.2, -0.15) is 11.8 Å². The summed E-state index contributed by atoms with van der Waals surface area (Å²) in [4.78, 5) is 6.69. The molecule has 0 saturated carbocycles. The molecule has 2 atom stereocenters. The van der Waals surface area contributed by atoms with Gasteiger partial charge < -0.3 is 10.6 Å². The molecule has 1 aromatic carbocycles. The van der Waals surface area contributed by atoms with Crippen molar-refractivity contribution in [3.8, 4) is 0 Å². The molecule has 1 fully saturated rings. The van der Waals surface area contributed by atoms with Gasteiger partial charge in [0.1, 0.15) is 0 Å². The zero-order chi connectivity index (χ0) is 13.4. The largest absolute Gasteiger partial charge is 0.398 e. The van der Waals surface area contributed by atoms with Crippen molar-refractivity contribution in [2.24, 2.45) is 0 Å². The molecule has 1 saturated heterocycles. The fraction of sp³-hybridized carbons (Fsp3) is 0.400. The third kappa shape index (κ3) is 2.14. The van der Waals surface area contributed by atoms with E-state index in [-0.39, 0.29) is 0 Å². The third-order valence-electron chi connectivity index (χ3n) is 4.02. The lowest BCUT2D eigenvalue weighted by Crippen LogP contribution is -2.44. The van der Waals surface area contributed by atoms with Gasteiger partial charge in [-0.1, -0.05) is 6.92 Å². The van der Waals surface area contributed by atoms with Crippen LogP contribution >= 0.6 is 11.8 Å². The van der Waals surface area contributed by atoms with Crippen LogP contribution in [0.3, 0.4) is 0 Å². The van der Waals surface area contributed by atoms with Crippen molar-refractivity contribution < 1.29 is 0 Å². The molecule has 1 aromatic heterocycles. The molecular weight excluding hydrogens is 254 g/mol. The molecule has 2 heterocycles. The smallest absolute Gasteiger partial charge is 0.0451 e. The minimum atomic E-state index is 0.540. The van der Waals surface area contributed by atoms with E-state index >= 15 is 0 Å². The van der Waals surface area contributed by atoms with Crippen molar-refractivity contribution in [2.45, 2.75) is 25.1 Å². The lowest BCUT2D eigenvalue weighted by Gasteiger charge is -2.39. The number of pyridine rings is 1. The Bertz CT molecular complexity index is 599. The molecule has 2 aromatic rings. The summed E-state index contributed by atoms with van der Waals surface area (Å²) in [5, 5.41) is 2.92. The Morgan fingerprint density at radius 3 is 2.95 bits per heavy atom. The molecule has 0 spiro atoms. The molecule has 0 aliphatic carbocycles. The number of fused-ring (bicyclic) bond motifs is 1. The number of rotatable bonds is 1. The van der Waals surface area contributed by atoms with E-state index in [2.05, 4.69) is 47.6 Å². The normalized spacial score (nSPS) is 23.8. The van der Waals surface area contributed by atoms with Crippen LogP contribution in [0.1, 0.15) is 13.8 Å². The van der Waals surface area contributed by atoms with Crippen LogP contribution in [0.4, 0.5) is 11.4 Å². The van der Waals surface area contributed by atoms with Crippen LogP contribution in [0.5, 0.6) is 0 Å². The van der Waals surface area contributed by atoms with Crippen LogP contribution in [0, 0.1) is 0 Å². The number of anilines is 2. The molecule has 2 N–H and O–H groups in total. The second-order valence-corrected chi connectivity index (χ2v) is 6.59. The van der Waals surface area contributed by atoms with Gasteiger partial charge in [-0.15, -0.1) is 0 Å². The summed E-state index contributed by atoms with van der Waals surface area (Å²) in [6.45, 7) is 5.71. The van der Waals surface area contributed by atoms with Gasteiger partial charge in [0.2, 0.25) is 0 Å². The van der Waals surface area contributed by atoms with Gasteiger partial charge in [-0.3, -0.25) is 4.98 Å². The van der Waals surface area contributed by atoms with Crippen LogP contribution in [0.15, 0.2) is 30.6 Å². The zero-order valence-electron chi connectivity index (χ0n) is 11.3. The molecule has 2 unspecified atom stereocenters. The zero-order valence-corrected chi connectivity index (χ0v) is 12.2. The Kier molecular flexibility index (Phi) is 3.27. The Morgan fingerprint density at radius 2 is 2.11 bits per heavy atom. The maximum atomic E-state index is 6.05. The number of nitrogens with two attached hydrogens (primary N) is 1. The maximum Gasteiger partial charge on any atom is 0.0451 e. The van der Waals surface area contributed by atoms with Gasteiger partial charge in [-0.05, 0) is 25.1 Å². The quantitative estimate of drug-likeness (QED) is 0.811. The number of hydrogen-bond acceptors (Lipinski definition) is 4. The lowest BCUT2D eigenvalue weighted by molar-refractivity contribution is 0.629. The summed E-state index contributed by atoms with van der Waals surface area (Å²) in [6.07, 6.45) is 3.71. The Balaban J connectivity index is 2.12. The highest BCUT2D eigenvalue weighted by Gasteiger charge is 2.26. The maximum absolute atomic E-state index is 6.05. The standard InChI is InChI=1S/C15H19N3S/c1-10-11(2)19-8-7-18(10)15-4-3-14(16)13-9-17-6-5-12(13)15/h3-6,9-11H,7-8,16H2,1-2H3. The number of thioether (sulfide) groups is 1. The molecule has 1 aliphatic heterocycles. The van der Waals surface area contributed by atoms with E-state index in [1.807, 2.05) is 18.5 Å². The highest BCUT2D eigenvalue weighted by atomic mass is 32.2. The summed E-state index contributed by atoms with van der Waals surface area (Å²) < 4.78 is 0. The fourth-order valence-electron chi connectivity index (χ4n) is 2.72. The van der Waals surface area contributed by atoms with Gasteiger partial charge in [0, 0.05) is 58.1 Å². The molecule has 3 nitrogen and oxygen atoms in total. The molecule has 3 rings (SSSR count). The summed E-state index contributed by atoms with van der Waals surface area (Å²) in [6, 6.07) is 6.76. The molecule has 4 heteroatoms. The summed E-state index contributed by atoms with van der Waals surface area (Å²) in [5.41, 5.74) is 8.14. The van der Waals surface area contributed by atoms with Crippen molar-refractivity contribution in [2.75, 3.05) is 22.9 Å². The molecular formula is C15H19N3S. The van der Waals surface area contributed by atoms with Gasteiger partial charge in [-0.25, -0.2) is 0 Å². The monoisotopic (exact) mass is 273 g/mol. The minimum Gasteiger partial charge on any atom is -0.398 e. The molecule has 0 bridgehead atoms. The number of nitrogen functional groups attached to an aromatic ring is 1. The van der Waals surface area contributed by atoms with Crippen molar-refractivity contribution >= 4 is 33.9 Å². The van der Waals surface area contributed by atoms with Crippen LogP contribution in [-0.2, 0) is 0 Å². The lowest BCUT2D eigenvalue weighted by atomic mass is 10.1. The predicted molar refractivity (Wildman–Crippen MR) is 84.9 cm³/mol. The Morgan fingerprint density at radius 1 is 1.26 bits per heavy atom.